The number of carbonyl (C=O) groups excluding carboxylic acids is 2. The molecule has 4 nitrogen and oxygen atoms in total. The van der Waals surface area contributed by atoms with Crippen molar-refractivity contribution in [3.05, 3.63) is 28.2 Å². The van der Waals surface area contributed by atoms with Gasteiger partial charge in [-0.05, 0) is 55.2 Å². The number of rotatable bonds is 5. The first-order chi connectivity index (χ1) is 11.0. The summed E-state index contributed by atoms with van der Waals surface area (Å²) in [4.78, 5) is 23.9. The number of anilines is 1. The van der Waals surface area contributed by atoms with Crippen molar-refractivity contribution in [2.45, 2.75) is 32.1 Å². The first-order valence-electron chi connectivity index (χ1n) is 8.03. The molecule has 0 spiro atoms. The van der Waals surface area contributed by atoms with Crippen molar-refractivity contribution in [3.63, 3.8) is 0 Å². The first-order valence-corrected chi connectivity index (χ1v) is 8.78. The molecule has 6 heteroatoms. The van der Waals surface area contributed by atoms with Gasteiger partial charge >= 0.3 is 0 Å². The van der Waals surface area contributed by atoms with Crippen LogP contribution in [0.25, 0.3) is 0 Å². The Balaban J connectivity index is 1.43. The van der Waals surface area contributed by atoms with Gasteiger partial charge in [0.15, 0.2) is 0 Å². The third kappa shape index (κ3) is 4.18. The molecule has 0 radical (unpaired) electrons. The van der Waals surface area contributed by atoms with Crippen LogP contribution in [-0.4, -0.2) is 18.4 Å². The highest BCUT2D eigenvalue weighted by atomic mass is 35.5. The average Bonchev–Trinajstić information content (AvgIpc) is 3.11. The van der Waals surface area contributed by atoms with Gasteiger partial charge in [-0.15, -0.1) is 0 Å². The number of fused-ring (bicyclic) bond motifs is 2. The van der Waals surface area contributed by atoms with E-state index in [0.717, 1.165) is 5.92 Å². The lowest BCUT2D eigenvalue weighted by molar-refractivity contribution is -0.125. The summed E-state index contributed by atoms with van der Waals surface area (Å²) < 4.78 is 0. The minimum Gasteiger partial charge on any atom is -0.347 e. The molecule has 2 N–H and O–H groups in total. The lowest BCUT2D eigenvalue weighted by Gasteiger charge is -2.20. The molecule has 2 aliphatic rings. The Morgan fingerprint density at radius 3 is 2.65 bits per heavy atom. The number of amides is 2. The highest BCUT2D eigenvalue weighted by Crippen LogP contribution is 2.49. The molecule has 0 aromatic heterocycles. The number of hydrogen-bond acceptors (Lipinski definition) is 2. The summed E-state index contributed by atoms with van der Waals surface area (Å²) in [6.45, 7) is -0.0531. The van der Waals surface area contributed by atoms with Crippen molar-refractivity contribution in [1.29, 1.82) is 0 Å². The molecule has 0 aliphatic heterocycles. The summed E-state index contributed by atoms with van der Waals surface area (Å²) in [5, 5.41) is 6.26. The molecule has 2 saturated carbocycles. The normalized spacial score (nSPS) is 25.4. The molecule has 23 heavy (non-hydrogen) atoms. The van der Waals surface area contributed by atoms with E-state index in [0.29, 0.717) is 34.0 Å². The zero-order valence-corrected chi connectivity index (χ0v) is 14.3. The lowest BCUT2D eigenvalue weighted by atomic mass is 9.86. The maximum Gasteiger partial charge on any atom is 0.243 e. The van der Waals surface area contributed by atoms with Crippen LogP contribution in [0.15, 0.2) is 18.2 Å². The van der Waals surface area contributed by atoms with E-state index in [1.54, 1.807) is 18.2 Å². The third-order valence-electron chi connectivity index (χ3n) is 4.98. The van der Waals surface area contributed by atoms with Crippen molar-refractivity contribution in [2.24, 2.45) is 17.8 Å². The Labute approximate surface area is 145 Å². The Hall–Kier alpha value is -1.26. The van der Waals surface area contributed by atoms with Crippen LogP contribution in [0.1, 0.15) is 32.1 Å². The minimum absolute atomic E-state index is 0.0464. The van der Waals surface area contributed by atoms with Crippen molar-refractivity contribution in [1.82, 2.24) is 5.32 Å². The highest BCUT2D eigenvalue weighted by molar-refractivity contribution is 6.35. The van der Waals surface area contributed by atoms with E-state index in [1.807, 2.05) is 0 Å². The average molecular weight is 355 g/mol. The predicted molar refractivity (Wildman–Crippen MR) is 91.7 cm³/mol. The zero-order chi connectivity index (χ0) is 16.4. The van der Waals surface area contributed by atoms with Crippen molar-refractivity contribution < 1.29 is 9.59 Å². The Bertz CT molecular complexity index is 621. The second-order valence-corrected chi connectivity index (χ2v) is 7.43. The topological polar surface area (TPSA) is 58.2 Å². The van der Waals surface area contributed by atoms with Gasteiger partial charge in [0.05, 0.1) is 17.3 Å². The van der Waals surface area contributed by atoms with Gasteiger partial charge in [0.25, 0.3) is 0 Å². The molecule has 3 atom stereocenters. The first kappa shape index (κ1) is 16.6. The van der Waals surface area contributed by atoms with E-state index < -0.39 is 0 Å². The summed E-state index contributed by atoms with van der Waals surface area (Å²) >= 11 is 11.9. The summed E-state index contributed by atoms with van der Waals surface area (Å²) in [6, 6.07) is 4.85. The monoisotopic (exact) mass is 354 g/mol. The Morgan fingerprint density at radius 1 is 1.13 bits per heavy atom. The van der Waals surface area contributed by atoms with Crippen LogP contribution in [0.4, 0.5) is 5.69 Å². The van der Waals surface area contributed by atoms with Gasteiger partial charge in [0, 0.05) is 11.4 Å². The number of nitrogens with one attached hydrogen (secondary N) is 2. The number of carbonyl (C=O) groups is 2. The molecular formula is C17H20Cl2N2O2. The van der Waals surface area contributed by atoms with Crippen molar-refractivity contribution in [3.8, 4) is 0 Å². The maximum atomic E-state index is 12.0. The number of benzene rings is 1. The van der Waals surface area contributed by atoms with Crippen LogP contribution < -0.4 is 10.6 Å². The summed E-state index contributed by atoms with van der Waals surface area (Å²) in [5.41, 5.74) is 0.450. The molecule has 0 heterocycles. The van der Waals surface area contributed by atoms with Crippen LogP contribution in [0.5, 0.6) is 0 Å². The standard InChI is InChI=1S/C17H20Cl2N2O2/c18-13-3-4-14(19)15(8-13)21-17(23)9-20-16(22)7-12-6-10-1-2-11(12)5-10/h3-4,8,10-12H,1-2,5-7,9H2,(H,20,22)(H,21,23)/t10-,11+,12-/m0/s1. The fraction of sp³-hybridized carbons (Fsp3) is 0.529. The summed E-state index contributed by atoms with van der Waals surface area (Å²) in [6.07, 6.45) is 5.57. The quantitative estimate of drug-likeness (QED) is 0.842. The second-order valence-electron chi connectivity index (χ2n) is 6.59. The minimum atomic E-state index is -0.310. The third-order valence-corrected chi connectivity index (χ3v) is 5.55. The fourth-order valence-electron chi connectivity index (χ4n) is 3.90. The van der Waals surface area contributed by atoms with E-state index in [9.17, 15) is 9.59 Å². The highest BCUT2D eigenvalue weighted by Gasteiger charge is 2.40. The molecule has 2 amide bonds. The van der Waals surface area contributed by atoms with Gasteiger partial charge in [-0.1, -0.05) is 29.6 Å². The van der Waals surface area contributed by atoms with Gasteiger partial charge in [-0.3, -0.25) is 9.59 Å². The molecule has 0 unspecified atom stereocenters. The molecular weight excluding hydrogens is 335 g/mol. The van der Waals surface area contributed by atoms with Crippen LogP contribution in [0, 0.1) is 17.8 Å². The van der Waals surface area contributed by atoms with Crippen molar-refractivity contribution in [2.75, 3.05) is 11.9 Å². The molecule has 2 aliphatic carbocycles. The molecule has 1 aromatic rings. The Morgan fingerprint density at radius 2 is 1.96 bits per heavy atom. The van der Waals surface area contributed by atoms with Gasteiger partial charge in [-0.2, -0.15) is 0 Å². The van der Waals surface area contributed by atoms with Crippen molar-refractivity contribution >= 4 is 40.7 Å². The number of hydrogen-bond donors (Lipinski definition) is 2. The SMILES string of the molecule is O=C(C[C@@H]1C[C@H]2CC[C@@H]1C2)NCC(=O)Nc1cc(Cl)ccc1Cl. The molecule has 3 rings (SSSR count). The lowest BCUT2D eigenvalue weighted by Crippen LogP contribution is -2.34. The van der Waals surface area contributed by atoms with E-state index in [4.69, 9.17) is 23.2 Å². The maximum absolute atomic E-state index is 12.0. The van der Waals surface area contributed by atoms with Crippen LogP contribution in [0.2, 0.25) is 10.0 Å². The predicted octanol–water partition coefficient (Wildman–Crippen LogP) is 3.87. The van der Waals surface area contributed by atoms with Gasteiger partial charge < -0.3 is 10.6 Å². The zero-order valence-electron chi connectivity index (χ0n) is 12.8. The van der Waals surface area contributed by atoms with Crippen LogP contribution >= 0.6 is 23.2 Å². The molecule has 124 valence electrons. The fourth-order valence-corrected chi connectivity index (χ4v) is 4.24. The summed E-state index contributed by atoms with van der Waals surface area (Å²) in [5.74, 6) is 1.68. The second kappa shape index (κ2) is 7.10. The largest absolute Gasteiger partial charge is 0.347 e. The van der Waals surface area contributed by atoms with E-state index in [-0.39, 0.29) is 18.4 Å². The molecule has 2 bridgehead atoms. The Kier molecular flexibility index (Phi) is 5.12. The van der Waals surface area contributed by atoms with Crippen LogP contribution in [-0.2, 0) is 9.59 Å². The molecule has 2 fully saturated rings. The smallest absolute Gasteiger partial charge is 0.243 e. The van der Waals surface area contributed by atoms with E-state index in [2.05, 4.69) is 10.6 Å². The molecule has 0 saturated heterocycles. The van der Waals surface area contributed by atoms with Gasteiger partial charge in [0.2, 0.25) is 11.8 Å². The number of halogens is 2. The van der Waals surface area contributed by atoms with E-state index in [1.165, 1.54) is 25.7 Å². The van der Waals surface area contributed by atoms with Crippen LogP contribution in [0.3, 0.4) is 0 Å². The summed E-state index contributed by atoms with van der Waals surface area (Å²) in [7, 11) is 0. The van der Waals surface area contributed by atoms with Gasteiger partial charge in [-0.25, -0.2) is 0 Å². The van der Waals surface area contributed by atoms with Gasteiger partial charge in [0.1, 0.15) is 0 Å². The molecule has 1 aromatic carbocycles. The van der Waals surface area contributed by atoms with E-state index >= 15 is 0 Å².